The number of nitrogens with zero attached hydrogens (tertiary/aromatic N) is 2. The first-order valence-corrected chi connectivity index (χ1v) is 6.69. The third kappa shape index (κ3) is 2.82. The first kappa shape index (κ1) is 12.0. The zero-order chi connectivity index (χ0) is 12.3. The molecule has 2 rings (SSSR count). The van der Waals surface area contributed by atoms with Crippen molar-refractivity contribution in [2.75, 3.05) is 11.9 Å². The molecule has 0 unspecified atom stereocenters. The van der Waals surface area contributed by atoms with E-state index in [0.717, 1.165) is 35.9 Å². The Bertz CT molecular complexity index is 492. The topological polar surface area (TPSA) is 37.8 Å². The fraction of sp³-hybridized carbons (Fsp3) is 0.385. The van der Waals surface area contributed by atoms with Crippen molar-refractivity contribution in [3.63, 3.8) is 0 Å². The summed E-state index contributed by atoms with van der Waals surface area (Å²) in [6, 6.07) is 4.18. The number of nitrogens with one attached hydrogen (secondary N) is 1. The summed E-state index contributed by atoms with van der Waals surface area (Å²) in [5, 5.41) is 5.37. The van der Waals surface area contributed by atoms with Gasteiger partial charge < -0.3 is 5.32 Å². The average Bonchev–Trinajstić information content (AvgIpc) is 2.78. The highest BCUT2D eigenvalue weighted by Gasteiger charge is 2.08. The Morgan fingerprint density at radius 3 is 2.76 bits per heavy atom. The lowest BCUT2D eigenvalue weighted by Gasteiger charge is -2.10. The quantitative estimate of drug-likeness (QED) is 0.901. The fourth-order valence-corrected chi connectivity index (χ4v) is 2.38. The van der Waals surface area contributed by atoms with Gasteiger partial charge in [0.05, 0.1) is 0 Å². The van der Waals surface area contributed by atoms with Crippen LogP contribution in [0.3, 0.4) is 0 Å². The minimum Gasteiger partial charge on any atom is -0.370 e. The van der Waals surface area contributed by atoms with Gasteiger partial charge in [-0.25, -0.2) is 9.97 Å². The second kappa shape index (κ2) is 5.27. The van der Waals surface area contributed by atoms with Crippen molar-refractivity contribution in [3.05, 3.63) is 39.5 Å². The van der Waals surface area contributed by atoms with Gasteiger partial charge in [-0.05, 0) is 32.2 Å². The summed E-state index contributed by atoms with van der Waals surface area (Å²) >= 11 is 1.75. The molecule has 0 aliphatic rings. The van der Waals surface area contributed by atoms with Crippen molar-refractivity contribution in [2.45, 2.75) is 27.2 Å². The van der Waals surface area contributed by atoms with Crippen LogP contribution in [-0.2, 0) is 6.42 Å². The van der Waals surface area contributed by atoms with Crippen LogP contribution in [0.5, 0.6) is 0 Å². The minimum absolute atomic E-state index is 0.817. The second-order valence-corrected chi connectivity index (χ2v) is 5.02. The first-order chi connectivity index (χ1) is 8.20. The van der Waals surface area contributed by atoms with E-state index in [4.69, 9.17) is 0 Å². The number of hydrogen-bond acceptors (Lipinski definition) is 4. The zero-order valence-corrected chi connectivity index (χ0v) is 11.3. The molecule has 2 aromatic rings. The maximum absolute atomic E-state index is 4.58. The van der Waals surface area contributed by atoms with Crippen molar-refractivity contribution in [1.29, 1.82) is 0 Å². The summed E-state index contributed by atoms with van der Waals surface area (Å²) in [5.74, 6) is 1.86. The standard InChI is InChI=1S/C13H17N3S/c1-4-14-13-9(2)10(3)15-12(16-13)8-11-6-5-7-17-11/h5-7H,4,8H2,1-3H3,(H,14,15,16). The highest BCUT2D eigenvalue weighted by atomic mass is 32.1. The molecule has 2 heterocycles. The lowest BCUT2D eigenvalue weighted by molar-refractivity contribution is 0.931. The molecule has 0 atom stereocenters. The van der Waals surface area contributed by atoms with Gasteiger partial charge in [-0.1, -0.05) is 6.07 Å². The Morgan fingerprint density at radius 1 is 1.29 bits per heavy atom. The van der Waals surface area contributed by atoms with Crippen molar-refractivity contribution in [1.82, 2.24) is 9.97 Å². The number of rotatable bonds is 4. The van der Waals surface area contributed by atoms with Crippen LogP contribution in [-0.4, -0.2) is 16.5 Å². The molecular formula is C13H17N3S. The highest BCUT2D eigenvalue weighted by molar-refractivity contribution is 7.09. The summed E-state index contributed by atoms with van der Waals surface area (Å²) in [7, 11) is 0. The van der Waals surface area contributed by atoms with E-state index in [1.165, 1.54) is 4.88 Å². The Labute approximate surface area is 106 Å². The molecule has 0 fully saturated rings. The molecule has 2 aromatic heterocycles. The molecule has 0 spiro atoms. The maximum Gasteiger partial charge on any atom is 0.136 e. The average molecular weight is 247 g/mol. The molecule has 0 bridgehead atoms. The highest BCUT2D eigenvalue weighted by Crippen LogP contribution is 2.18. The zero-order valence-electron chi connectivity index (χ0n) is 10.4. The molecule has 0 aliphatic heterocycles. The predicted molar refractivity (Wildman–Crippen MR) is 72.8 cm³/mol. The van der Waals surface area contributed by atoms with Crippen molar-refractivity contribution >= 4 is 17.2 Å². The Morgan fingerprint density at radius 2 is 2.12 bits per heavy atom. The van der Waals surface area contributed by atoms with Gasteiger partial charge in [0.2, 0.25) is 0 Å². The molecule has 17 heavy (non-hydrogen) atoms. The molecule has 3 nitrogen and oxygen atoms in total. The predicted octanol–water partition coefficient (Wildman–Crippen LogP) is 3.18. The molecular weight excluding hydrogens is 230 g/mol. The number of aryl methyl sites for hydroxylation is 1. The Kier molecular flexibility index (Phi) is 3.74. The third-order valence-corrected chi connectivity index (χ3v) is 3.57. The molecule has 0 aliphatic carbocycles. The van der Waals surface area contributed by atoms with E-state index in [-0.39, 0.29) is 0 Å². The lowest BCUT2D eigenvalue weighted by Crippen LogP contribution is -2.08. The molecule has 4 heteroatoms. The van der Waals surface area contributed by atoms with Crippen molar-refractivity contribution < 1.29 is 0 Å². The summed E-state index contributed by atoms with van der Waals surface area (Å²) in [5.41, 5.74) is 2.20. The Balaban J connectivity index is 2.28. The van der Waals surface area contributed by atoms with Crippen LogP contribution in [0, 0.1) is 13.8 Å². The summed E-state index contributed by atoms with van der Waals surface area (Å²) in [4.78, 5) is 10.4. The van der Waals surface area contributed by atoms with E-state index in [2.05, 4.69) is 46.6 Å². The van der Waals surface area contributed by atoms with Gasteiger partial charge in [-0.15, -0.1) is 11.3 Å². The normalized spacial score (nSPS) is 10.5. The second-order valence-electron chi connectivity index (χ2n) is 3.99. The number of hydrogen-bond donors (Lipinski definition) is 1. The van der Waals surface area contributed by atoms with Crippen molar-refractivity contribution in [2.24, 2.45) is 0 Å². The molecule has 0 saturated heterocycles. The summed E-state index contributed by atoms with van der Waals surface area (Å²) in [6.07, 6.45) is 0.817. The van der Waals surface area contributed by atoms with E-state index in [1.807, 2.05) is 6.92 Å². The number of anilines is 1. The lowest BCUT2D eigenvalue weighted by atomic mass is 10.2. The SMILES string of the molecule is CCNc1nc(Cc2cccs2)nc(C)c1C. The summed E-state index contributed by atoms with van der Waals surface area (Å²) in [6.45, 7) is 7.06. The van der Waals surface area contributed by atoms with Crippen LogP contribution in [0.4, 0.5) is 5.82 Å². The van der Waals surface area contributed by atoms with Crippen LogP contribution < -0.4 is 5.32 Å². The largest absolute Gasteiger partial charge is 0.370 e. The smallest absolute Gasteiger partial charge is 0.136 e. The van der Waals surface area contributed by atoms with Gasteiger partial charge in [0.1, 0.15) is 11.6 Å². The molecule has 0 aromatic carbocycles. The van der Waals surface area contributed by atoms with Gasteiger partial charge in [-0.2, -0.15) is 0 Å². The monoisotopic (exact) mass is 247 g/mol. The first-order valence-electron chi connectivity index (χ1n) is 5.81. The van der Waals surface area contributed by atoms with Crippen LogP contribution in [0.2, 0.25) is 0 Å². The maximum atomic E-state index is 4.58. The number of aromatic nitrogens is 2. The van der Waals surface area contributed by atoms with Gasteiger partial charge in [0.15, 0.2) is 0 Å². The molecule has 1 N–H and O–H groups in total. The van der Waals surface area contributed by atoms with Crippen LogP contribution >= 0.6 is 11.3 Å². The van der Waals surface area contributed by atoms with Crippen LogP contribution in [0.1, 0.15) is 28.9 Å². The molecule has 0 amide bonds. The summed E-state index contributed by atoms with van der Waals surface area (Å²) < 4.78 is 0. The fourth-order valence-electron chi connectivity index (χ4n) is 1.67. The third-order valence-electron chi connectivity index (χ3n) is 2.69. The van der Waals surface area contributed by atoms with E-state index in [0.29, 0.717) is 0 Å². The van der Waals surface area contributed by atoms with Gasteiger partial charge in [-0.3, -0.25) is 0 Å². The van der Waals surface area contributed by atoms with Crippen LogP contribution in [0.25, 0.3) is 0 Å². The van der Waals surface area contributed by atoms with E-state index >= 15 is 0 Å². The van der Waals surface area contributed by atoms with E-state index in [1.54, 1.807) is 11.3 Å². The van der Waals surface area contributed by atoms with E-state index in [9.17, 15) is 0 Å². The van der Waals surface area contributed by atoms with Gasteiger partial charge in [0, 0.05) is 29.1 Å². The van der Waals surface area contributed by atoms with Crippen molar-refractivity contribution in [3.8, 4) is 0 Å². The van der Waals surface area contributed by atoms with Gasteiger partial charge >= 0.3 is 0 Å². The molecule has 90 valence electrons. The Hall–Kier alpha value is -1.42. The molecule has 0 radical (unpaired) electrons. The minimum atomic E-state index is 0.817. The van der Waals surface area contributed by atoms with Crippen LogP contribution in [0.15, 0.2) is 17.5 Å². The number of thiophene rings is 1. The molecule has 0 saturated carbocycles. The van der Waals surface area contributed by atoms with E-state index < -0.39 is 0 Å². The van der Waals surface area contributed by atoms with Gasteiger partial charge in [0.25, 0.3) is 0 Å².